The Morgan fingerprint density at radius 2 is 0.857 bits per heavy atom. The van der Waals surface area contributed by atoms with Gasteiger partial charge in [-0.3, -0.25) is 0 Å². The van der Waals surface area contributed by atoms with Crippen molar-refractivity contribution < 1.29 is 8.83 Å². The van der Waals surface area contributed by atoms with Crippen LogP contribution in [-0.2, 0) is 0 Å². The molecule has 0 aliphatic rings. The average molecular weight is 628 g/mol. The molecule has 10 aromatic rings. The molecule has 0 bridgehead atoms. The Hall–Kier alpha value is -6.58. The van der Waals surface area contributed by atoms with Crippen LogP contribution in [0.2, 0.25) is 0 Å². The molecule has 0 fully saturated rings. The van der Waals surface area contributed by atoms with Crippen LogP contribution < -0.4 is 4.90 Å². The van der Waals surface area contributed by atoms with Gasteiger partial charge in [0.25, 0.3) is 0 Å². The van der Waals surface area contributed by atoms with Crippen molar-refractivity contribution in [1.29, 1.82) is 0 Å². The lowest BCUT2D eigenvalue weighted by molar-refractivity contribution is 0.670. The molecular weight excluding hydrogens is 599 g/mol. The predicted molar refractivity (Wildman–Crippen MR) is 204 cm³/mol. The van der Waals surface area contributed by atoms with Crippen LogP contribution >= 0.6 is 0 Å². The smallest absolute Gasteiger partial charge is 0.143 e. The maximum absolute atomic E-state index is 6.58. The molecule has 0 amide bonds. The molecule has 8 aromatic carbocycles. The fourth-order valence-corrected chi connectivity index (χ4v) is 7.34. The summed E-state index contributed by atoms with van der Waals surface area (Å²) >= 11 is 0. The number of fused-ring (bicyclic) bond motifs is 7. The second-order valence-corrected chi connectivity index (χ2v) is 12.5. The first-order valence-electron chi connectivity index (χ1n) is 16.6. The molecule has 0 atom stereocenters. The van der Waals surface area contributed by atoms with Gasteiger partial charge in [-0.25, -0.2) is 0 Å². The predicted octanol–water partition coefficient (Wildman–Crippen LogP) is 13.4. The fraction of sp³-hybridized carbons (Fsp3) is 0. The number of hydrogen-bond donors (Lipinski definition) is 0. The van der Waals surface area contributed by atoms with Crippen LogP contribution in [0.1, 0.15) is 0 Å². The Kier molecular flexibility index (Phi) is 6.18. The summed E-state index contributed by atoms with van der Waals surface area (Å²) in [4.78, 5) is 2.34. The molecule has 0 saturated carbocycles. The quantitative estimate of drug-likeness (QED) is 0.190. The second kappa shape index (κ2) is 11.0. The van der Waals surface area contributed by atoms with Crippen molar-refractivity contribution in [3.8, 4) is 22.3 Å². The van der Waals surface area contributed by atoms with E-state index in [-0.39, 0.29) is 0 Å². The minimum absolute atomic E-state index is 0.880. The second-order valence-electron chi connectivity index (χ2n) is 12.5. The number of para-hydroxylation sites is 5. The number of benzene rings is 8. The van der Waals surface area contributed by atoms with Crippen LogP contribution in [0.3, 0.4) is 0 Å². The van der Waals surface area contributed by atoms with Crippen LogP contribution in [0, 0.1) is 0 Å². The zero-order chi connectivity index (χ0) is 32.3. The molecule has 0 radical (unpaired) electrons. The lowest BCUT2D eigenvalue weighted by Gasteiger charge is -2.27. The summed E-state index contributed by atoms with van der Waals surface area (Å²) in [6, 6.07) is 62.1. The third-order valence-corrected chi connectivity index (χ3v) is 9.61. The van der Waals surface area contributed by atoms with Crippen molar-refractivity contribution in [2.45, 2.75) is 0 Å². The van der Waals surface area contributed by atoms with Crippen molar-refractivity contribution in [1.82, 2.24) is 0 Å². The van der Waals surface area contributed by atoms with Gasteiger partial charge in [-0.15, -0.1) is 0 Å². The van der Waals surface area contributed by atoms with Crippen molar-refractivity contribution in [3.05, 3.63) is 176 Å². The van der Waals surface area contributed by atoms with Crippen LogP contribution in [0.4, 0.5) is 17.1 Å². The topological polar surface area (TPSA) is 29.5 Å². The highest BCUT2D eigenvalue weighted by molar-refractivity contribution is 6.12. The van der Waals surface area contributed by atoms with E-state index in [4.69, 9.17) is 8.83 Å². The molecule has 230 valence electrons. The number of furan rings is 2. The number of nitrogens with zero attached hydrogens (tertiary/aromatic N) is 1. The molecular formula is C46H29NO2. The number of hydrogen-bond acceptors (Lipinski definition) is 3. The summed E-state index contributed by atoms with van der Waals surface area (Å²) in [7, 11) is 0. The number of anilines is 3. The van der Waals surface area contributed by atoms with E-state index in [1.54, 1.807) is 0 Å². The number of rotatable bonds is 5. The Labute approximate surface area is 282 Å². The summed E-state index contributed by atoms with van der Waals surface area (Å²) < 4.78 is 13.2. The van der Waals surface area contributed by atoms with E-state index in [2.05, 4.69) is 157 Å². The molecule has 0 spiro atoms. The van der Waals surface area contributed by atoms with Crippen LogP contribution in [-0.4, -0.2) is 0 Å². The lowest BCUT2D eigenvalue weighted by atomic mass is 9.95. The molecule has 49 heavy (non-hydrogen) atoms. The maximum Gasteiger partial charge on any atom is 0.143 e. The third kappa shape index (κ3) is 4.51. The molecule has 0 N–H and O–H groups in total. The third-order valence-electron chi connectivity index (χ3n) is 9.61. The van der Waals surface area contributed by atoms with E-state index >= 15 is 0 Å². The minimum Gasteiger partial charge on any atom is -0.455 e. The molecule has 10 rings (SSSR count). The monoisotopic (exact) mass is 627 g/mol. The van der Waals surface area contributed by atoms with Gasteiger partial charge in [0, 0.05) is 49.7 Å². The highest BCUT2D eigenvalue weighted by Crippen LogP contribution is 2.44. The maximum atomic E-state index is 6.58. The Bertz CT molecular complexity index is 2710. The molecule has 3 heteroatoms. The average Bonchev–Trinajstić information content (AvgIpc) is 3.74. The van der Waals surface area contributed by atoms with Gasteiger partial charge in [-0.2, -0.15) is 0 Å². The summed E-state index contributed by atoms with van der Waals surface area (Å²) in [5.74, 6) is 0. The van der Waals surface area contributed by atoms with Crippen LogP contribution in [0.5, 0.6) is 0 Å². The first-order chi connectivity index (χ1) is 24.3. The van der Waals surface area contributed by atoms with E-state index in [1.165, 1.54) is 10.8 Å². The first kappa shape index (κ1) is 27.5. The summed E-state index contributed by atoms with van der Waals surface area (Å²) in [6.07, 6.45) is 0. The largest absolute Gasteiger partial charge is 0.455 e. The Morgan fingerprint density at radius 1 is 0.327 bits per heavy atom. The van der Waals surface area contributed by atoms with Crippen LogP contribution in [0.15, 0.2) is 185 Å². The molecule has 3 nitrogen and oxygen atoms in total. The molecule has 0 aliphatic heterocycles. The lowest BCUT2D eigenvalue weighted by Crippen LogP contribution is -2.10. The highest BCUT2D eigenvalue weighted by atomic mass is 16.3. The summed E-state index contributed by atoms with van der Waals surface area (Å²) in [6.45, 7) is 0. The molecule has 2 aromatic heterocycles. The van der Waals surface area contributed by atoms with Gasteiger partial charge in [0.1, 0.15) is 22.3 Å². The van der Waals surface area contributed by atoms with Gasteiger partial charge >= 0.3 is 0 Å². The van der Waals surface area contributed by atoms with Crippen molar-refractivity contribution in [3.63, 3.8) is 0 Å². The van der Waals surface area contributed by atoms with Crippen LogP contribution in [0.25, 0.3) is 76.9 Å². The molecule has 0 aliphatic carbocycles. The Balaban J connectivity index is 1.27. The van der Waals surface area contributed by atoms with E-state index in [0.29, 0.717) is 0 Å². The zero-order valence-electron chi connectivity index (χ0n) is 26.5. The van der Waals surface area contributed by atoms with Gasteiger partial charge in [0.05, 0.1) is 0 Å². The minimum atomic E-state index is 0.880. The van der Waals surface area contributed by atoms with Gasteiger partial charge in [0.15, 0.2) is 0 Å². The summed E-state index contributed by atoms with van der Waals surface area (Å²) in [5, 5.41) is 6.84. The summed E-state index contributed by atoms with van der Waals surface area (Å²) in [5.41, 5.74) is 10.9. The van der Waals surface area contributed by atoms with Gasteiger partial charge in [-0.05, 0) is 76.5 Å². The van der Waals surface area contributed by atoms with Crippen molar-refractivity contribution in [2.24, 2.45) is 0 Å². The van der Waals surface area contributed by atoms with Crippen molar-refractivity contribution >= 4 is 71.7 Å². The van der Waals surface area contributed by atoms with Gasteiger partial charge in [0.2, 0.25) is 0 Å². The Morgan fingerprint density at radius 3 is 1.49 bits per heavy atom. The van der Waals surface area contributed by atoms with Gasteiger partial charge in [-0.1, -0.05) is 121 Å². The molecule has 0 saturated heterocycles. The first-order valence-corrected chi connectivity index (χ1v) is 16.6. The van der Waals surface area contributed by atoms with E-state index in [9.17, 15) is 0 Å². The van der Waals surface area contributed by atoms with E-state index < -0.39 is 0 Å². The van der Waals surface area contributed by atoms with E-state index in [1.807, 2.05) is 24.3 Å². The fourth-order valence-electron chi connectivity index (χ4n) is 7.34. The van der Waals surface area contributed by atoms with Crippen molar-refractivity contribution in [2.75, 3.05) is 4.90 Å². The standard InChI is InChI=1S/C46H29NO2/c1-2-14-34(15-3-1)47(35-25-24-30-12-4-5-13-31(30)27-35)36-28-32(37-18-10-20-41-39-16-6-8-22-43(39)48-45(37)41)26-33(29-36)38-19-11-21-42-40-17-7-9-23-44(40)49-46(38)42/h1-29H. The SMILES string of the molecule is c1ccc(N(c2cc(-c3cccc4c3oc3ccccc34)cc(-c3cccc4c3oc3ccccc34)c2)c2ccc3ccccc3c2)cc1. The van der Waals surface area contributed by atoms with Gasteiger partial charge < -0.3 is 13.7 Å². The van der Waals surface area contributed by atoms with E-state index in [0.717, 1.165) is 83.2 Å². The zero-order valence-corrected chi connectivity index (χ0v) is 26.5. The molecule has 2 heterocycles. The highest BCUT2D eigenvalue weighted by Gasteiger charge is 2.20. The normalized spacial score (nSPS) is 11.7. The molecule has 0 unspecified atom stereocenters.